The van der Waals surface area contributed by atoms with Gasteiger partial charge in [0.2, 0.25) is 0 Å². The van der Waals surface area contributed by atoms with E-state index in [1.165, 1.54) is 16.9 Å². The Morgan fingerprint density at radius 1 is 0.815 bits per heavy atom. The number of hydrogen-bond acceptors (Lipinski definition) is 4. The van der Waals surface area contributed by atoms with Gasteiger partial charge in [-0.05, 0) is 51.5 Å². The molecule has 2 aromatic rings. The first kappa shape index (κ1) is 18.0. The van der Waals surface area contributed by atoms with Gasteiger partial charge in [-0.1, -0.05) is 27.7 Å². The number of fused-ring (bicyclic) bond motifs is 3. The van der Waals surface area contributed by atoms with Crippen molar-refractivity contribution >= 4 is 11.4 Å². The zero-order valence-electron chi connectivity index (χ0n) is 17.8. The Bertz CT molecular complexity index is 955. The number of anilines is 2. The van der Waals surface area contributed by atoms with Crippen LogP contribution in [0, 0.1) is 33.1 Å². The summed E-state index contributed by atoms with van der Waals surface area (Å²) in [5.74, 6) is 0. The quantitative estimate of drug-likeness (QED) is 0.702. The summed E-state index contributed by atoms with van der Waals surface area (Å²) in [6.45, 7) is 17.9. The van der Waals surface area contributed by atoms with E-state index in [-0.39, 0.29) is 17.0 Å². The maximum Gasteiger partial charge on any atom is 0.116 e. The predicted octanol–water partition coefficient (Wildman–Crippen LogP) is 5.15. The van der Waals surface area contributed by atoms with Crippen LogP contribution in [0.4, 0.5) is 11.4 Å². The molecule has 0 aromatic carbocycles. The molecule has 2 aromatic heterocycles. The van der Waals surface area contributed by atoms with Gasteiger partial charge in [-0.25, -0.2) is 0 Å². The molecule has 0 spiro atoms. The van der Waals surface area contributed by atoms with Gasteiger partial charge in [0.1, 0.15) is 6.17 Å². The highest BCUT2D eigenvalue weighted by molar-refractivity contribution is 5.71. The van der Waals surface area contributed by atoms with Gasteiger partial charge in [-0.2, -0.15) is 0 Å². The first-order valence-corrected chi connectivity index (χ1v) is 9.73. The van der Waals surface area contributed by atoms with Crippen LogP contribution in [0.2, 0.25) is 0 Å². The van der Waals surface area contributed by atoms with E-state index in [0.29, 0.717) is 0 Å². The van der Waals surface area contributed by atoms with E-state index in [1.807, 2.05) is 6.92 Å². The lowest BCUT2D eigenvalue weighted by molar-refractivity contribution is 0.144. The minimum Gasteiger partial charge on any atom is -0.323 e. The van der Waals surface area contributed by atoms with Crippen LogP contribution in [0.3, 0.4) is 0 Å². The molecule has 4 nitrogen and oxygen atoms in total. The van der Waals surface area contributed by atoms with Crippen molar-refractivity contribution in [1.29, 1.82) is 0 Å². The lowest BCUT2D eigenvalue weighted by atomic mass is 9.59. The molecule has 2 aliphatic heterocycles. The minimum absolute atomic E-state index is 0.00105. The van der Waals surface area contributed by atoms with Gasteiger partial charge in [0, 0.05) is 34.6 Å². The molecule has 4 rings (SSSR count). The molecule has 27 heavy (non-hydrogen) atoms. The molecule has 1 atom stereocenters. The van der Waals surface area contributed by atoms with Gasteiger partial charge in [-0.3, -0.25) is 9.97 Å². The molecule has 0 amide bonds. The second-order valence-corrected chi connectivity index (χ2v) is 9.14. The summed E-state index contributed by atoms with van der Waals surface area (Å²) in [6.07, 6.45) is 4.60. The van der Waals surface area contributed by atoms with Crippen LogP contribution in [-0.4, -0.2) is 16.1 Å². The highest BCUT2D eigenvalue weighted by atomic mass is 15.4. The van der Waals surface area contributed by atoms with Crippen LogP contribution in [0.1, 0.15) is 56.0 Å². The Labute approximate surface area is 162 Å². The van der Waals surface area contributed by atoms with E-state index in [9.17, 15) is 0 Å². The summed E-state index contributed by atoms with van der Waals surface area (Å²) in [5, 5.41) is 0. The van der Waals surface area contributed by atoms with Crippen molar-refractivity contribution in [2.24, 2.45) is 5.41 Å². The molecule has 4 heteroatoms. The average molecular weight is 363 g/mol. The van der Waals surface area contributed by atoms with E-state index in [2.05, 4.69) is 88.9 Å². The van der Waals surface area contributed by atoms with Gasteiger partial charge < -0.3 is 9.80 Å². The largest absolute Gasteiger partial charge is 0.323 e. The van der Waals surface area contributed by atoms with Crippen molar-refractivity contribution < 1.29 is 0 Å². The second kappa shape index (κ2) is 5.57. The molecular formula is C23H30N4. The van der Waals surface area contributed by atoms with Crippen LogP contribution >= 0.6 is 0 Å². The first-order chi connectivity index (χ1) is 12.6. The zero-order chi connectivity index (χ0) is 19.7. The molecule has 0 saturated carbocycles. The molecule has 0 radical (unpaired) electrons. The number of pyridine rings is 2. The fourth-order valence-corrected chi connectivity index (χ4v) is 4.79. The molecule has 0 fully saturated rings. The molecule has 2 aliphatic rings. The summed E-state index contributed by atoms with van der Waals surface area (Å²) in [4.78, 5) is 14.3. The lowest BCUT2D eigenvalue weighted by Crippen LogP contribution is -2.60. The topological polar surface area (TPSA) is 32.3 Å². The van der Waals surface area contributed by atoms with Crippen LogP contribution in [0.5, 0.6) is 0 Å². The maximum atomic E-state index is 4.78. The van der Waals surface area contributed by atoms with Crippen molar-refractivity contribution in [3.8, 4) is 0 Å². The molecule has 142 valence electrons. The number of aryl methyl sites for hydroxylation is 4. The minimum atomic E-state index is -0.00173. The monoisotopic (exact) mass is 362 g/mol. The fourth-order valence-electron chi connectivity index (χ4n) is 4.79. The smallest absolute Gasteiger partial charge is 0.116 e. The number of rotatable bonds is 1. The van der Waals surface area contributed by atoms with Gasteiger partial charge in [-0.15, -0.1) is 0 Å². The number of hydrogen-bond donors (Lipinski definition) is 0. The van der Waals surface area contributed by atoms with Gasteiger partial charge >= 0.3 is 0 Å². The Hall–Kier alpha value is -2.36. The third-order valence-corrected chi connectivity index (χ3v) is 6.87. The summed E-state index contributed by atoms with van der Waals surface area (Å²) in [7, 11) is 0. The van der Waals surface area contributed by atoms with E-state index in [0.717, 1.165) is 22.8 Å². The molecule has 4 heterocycles. The highest BCUT2D eigenvalue weighted by Crippen LogP contribution is 2.56. The third-order valence-electron chi connectivity index (χ3n) is 6.87. The van der Waals surface area contributed by atoms with Crippen LogP contribution < -0.4 is 9.80 Å². The van der Waals surface area contributed by atoms with Crippen molar-refractivity contribution in [2.75, 3.05) is 9.80 Å². The van der Waals surface area contributed by atoms with Crippen LogP contribution in [0.25, 0.3) is 0 Å². The van der Waals surface area contributed by atoms with Gasteiger partial charge in [0.25, 0.3) is 0 Å². The van der Waals surface area contributed by atoms with Crippen LogP contribution in [0.15, 0.2) is 30.6 Å². The second-order valence-electron chi connectivity index (χ2n) is 9.14. The normalized spacial score (nSPS) is 22.0. The molecular weight excluding hydrogens is 332 g/mol. The van der Waals surface area contributed by atoms with E-state index in [1.54, 1.807) is 0 Å². The van der Waals surface area contributed by atoms with Crippen molar-refractivity contribution in [3.63, 3.8) is 0 Å². The molecule has 0 saturated heterocycles. The maximum absolute atomic E-state index is 4.78. The van der Waals surface area contributed by atoms with Gasteiger partial charge in [0.15, 0.2) is 0 Å². The van der Waals surface area contributed by atoms with E-state index in [4.69, 9.17) is 9.97 Å². The average Bonchev–Trinajstić information content (AvgIpc) is 2.98. The number of aromatic nitrogens is 2. The Balaban J connectivity index is 1.93. The van der Waals surface area contributed by atoms with Crippen LogP contribution in [-0.2, 0) is 5.41 Å². The Morgan fingerprint density at radius 2 is 1.44 bits per heavy atom. The lowest BCUT2D eigenvalue weighted by Gasteiger charge is -2.56. The SMILES string of the molecule is Cc1ccc(N2C=CN3c4c(cc(C)nc4C)C(C)(C)C(C)(C)C23)c(C)n1. The standard InChI is InChI=1S/C23H30N4/c1-14-9-10-19(16(3)24-14)26-11-12-27-20-17(4)25-15(2)13-18(20)22(5,6)23(7,8)21(26)27/h9-13,21H,1-8H3. The first-order valence-electron chi connectivity index (χ1n) is 9.73. The predicted molar refractivity (Wildman–Crippen MR) is 112 cm³/mol. The molecule has 1 unspecified atom stereocenters. The van der Waals surface area contributed by atoms with Crippen molar-refractivity contribution in [1.82, 2.24) is 9.97 Å². The van der Waals surface area contributed by atoms with Gasteiger partial charge in [0.05, 0.1) is 22.8 Å². The summed E-state index contributed by atoms with van der Waals surface area (Å²) < 4.78 is 0. The van der Waals surface area contributed by atoms with E-state index >= 15 is 0 Å². The highest BCUT2D eigenvalue weighted by Gasteiger charge is 2.55. The fraction of sp³-hybridized carbons (Fsp3) is 0.478. The molecule has 0 aliphatic carbocycles. The Morgan fingerprint density at radius 3 is 2.11 bits per heavy atom. The summed E-state index contributed by atoms with van der Waals surface area (Å²) in [5.41, 5.74) is 8.13. The van der Waals surface area contributed by atoms with Crippen molar-refractivity contribution in [3.05, 3.63) is 58.9 Å². The number of nitrogens with zero attached hydrogens (tertiary/aromatic N) is 4. The molecule has 0 N–H and O–H groups in total. The molecule has 0 bridgehead atoms. The summed E-state index contributed by atoms with van der Waals surface area (Å²) in [6, 6.07) is 6.57. The third kappa shape index (κ3) is 2.35. The summed E-state index contributed by atoms with van der Waals surface area (Å²) >= 11 is 0. The zero-order valence-corrected chi connectivity index (χ0v) is 17.8. The Kier molecular flexibility index (Phi) is 3.72. The van der Waals surface area contributed by atoms with E-state index < -0.39 is 0 Å². The van der Waals surface area contributed by atoms with Crippen molar-refractivity contribution in [2.45, 2.75) is 67.0 Å².